The van der Waals surface area contributed by atoms with E-state index >= 15 is 0 Å². The van der Waals surface area contributed by atoms with Crippen LogP contribution < -0.4 is 10.5 Å². The van der Waals surface area contributed by atoms with Crippen LogP contribution in [0.25, 0.3) is 16.5 Å². The topological polar surface area (TPSA) is 110 Å². The molecule has 0 spiro atoms. The van der Waals surface area contributed by atoms with E-state index in [-0.39, 0.29) is 27.8 Å². The van der Waals surface area contributed by atoms with Crippen LogP contribution in [0.3, 0.4) is 0 Å². The molecule has 1 aliphatic rings. The van der Waals surface area contributed by atoms with E-state index < -0.39 is 10.5 Å². The number of halogens is 2. The molecular weight excluding hydrogens is 519 g/mol. The summed E-state index contributed by atoms with van der Waals surface area (Å²) in [5.41, 5.74) is 0.944. The summed E-state index contributed by atoms with van der Waals surface area (Å²) in [6, 6.07) is 16.2. The molecule has 0 saturated carbocycles. The van der Waals surface area contributed by atoms with Gasteiger partial charge in [-0.05, 0) is 36.4 Å². The van der Waals surface area contributed by atoms with Crippen molar-refractivity contribution in [2.75, 3.05) is 31.2 Å². The van der Waals surface area contributed by atoms with Gasteiger partial charge in [0.2, 0.25) is 5.88 Å². The molecule has 1 N–H and O–H groups in total. The molecule has 5 rings (SSSR count). The SMILES string of the molecule is O=c1c2ccccc2c(C=Nc2ccc(Cl)c([N+](=O)[O-])c2)c(O)n1-c1cc(Cl)ccc1N1CCOCC1. The molecular formula is C26H20Cl2N4O5. The minimum atomic E-state index is -0.597. The molecule has 1 aliphatic heterocycles. The van der Waals surface area contributed by atoms with Crippen LogP contribution in [-0.2, 0) is 4.74 Å². The van der Waals surface area contributed by atoms with E-state index in [1.807, 2.05) is 6.07 Å². The van der Waals surface area contributed by atoms with Gasteiger partial charge in [0, 0.05) is 41.2 Å². The standard InChI is InChI=1S/C26H20Cl2N4O5/c27-16-5-8-22(30-9-11-37-12-10-30)24(13-16)31-25(33)19-4-2-1-3-18(19)20(26(31)34)15-29-17-6-7-21(28)23(14-17)32(35)36/h1-8,13-15,34H,9-12H2. The Hall–Kier alpha value is -3.92. The Bertz CT molecular complexity index is 1610. The molecule has 1 aromatic heterocycles. The van der Waals surface area contributed by atoms with Crippen molar-refractivity contribution < 1.29 is 14.8 Å². The summed E-state index contributed by atoms with van der Waals surface area (Å²) >= 11 is 12.2. The van der Waals surface area contributed by atoms with Crippen molar-refractivity contribution in [1.82, 2.24) is 4.57 Å². The van der Waals surface area contributed by atoms with E-state index in [4.69, 9.17) is 27.9 Å². The van der Waals surface area contributed by atoms with Crippen LogP contribution in [0.15, 0.2) is 70.5 Å². The molecule has 1 fully saturated rings. The first-order chi connectivity index (χ1) is 17.8. The lowest BCUT2D eigenvalue weighted by Crippen LogP contribution is -2.37. The van der Waals surface area contributed by atoms with Gasteiger partial charge in [-0.2, -0.15) is 0 Å². The number of anilines is 1. The number of hydrogen-bond acceptors (Lipinski definition) is 7. The lowest BCUT2D eigenvalue weighted by molar-refractivity contribution is -0.384. The zero-order valence-corrected chi connectivity index (χ0v) is 20.8. The van der Waals surface area contributed by atoms with Crippen molar-refractivity contribution in [3.63, 3.8) is 0 Å². The molecule has 3 aromatic carbocycles. The maximum Gasteiger partial charge on any atom is 0.290 e. The number of nitro benzene ring substituents is 1. The third kappa shape index (κ3) is 4.76. The average Bonchev–Trinajstić information content (AvgIpc) is 2.90. The summed E-state index contributed by atoms with van der Waals surface area (Å²) in [7, 11) is 0. The van der Waals surface area contributed by atoms with Gasteiger partial charge in [-0.3, -0.25) is 19.9 Å². The fourth-order valence-corrected chi connectivity index (χ4v) is 4.67. The maximum absolute atomic E-state index is 13.7. The lowest BCUT2D eigenvalue weighted by Gasteiger charge is -2.31. The number of fused-ring (bicyclic) bond motifs is 1. The molecule has 2 heterocycles. The number of benzene rings is 3. The van der Waals surface area contributed by atoms with Crippen LogP contribution >= 0.6 is 23.2 Å². The van der Waals surface area contributed by atoms with Gasteiger partial charge in [0.25, 0.3) is 11.2 Å². The Labute approximate surface area is 220 Å². The molecule has 0 atom stereocenters. The predicted octanol–water partition coefficient (Wildman–Crippen LogP) is 5.50. The smallest absolute Gasteiger partial charge is 0.290 e. The van der Waals surface area contributed by atoms with Gasteiger partial charge in [0.05, 0.1) is 40.8 Å². The molecule has 11 heteroatoms. The number of aromatic nitrogens is 1. The van der Waals surface area contributed by atoms with Crippen LogP contribution in [-0.4, -0.2) is 47.1 Å². The van der Waals surface area contributed by atoms with E-state index in [1.54, 1.807) is 36.4 Å². The Morgan fingerprint density at radius 3 is 2.46 bits per heavy atom. The van der Waals surface area contributed by atoms with Gasteiger partial charge < -0.3 is 14.7 Å². The number of ether oxygens (including phenoxy) is 1. The number of aromatic hydroxyl groups is 1. The molecule has 188 valence electrons. The summed E-state index contributed by atoms with van der Waals surface area (Å²) < 4.78 is 6.68. The molecule has 4 aromatic rings. The van der Waals surface area contributed by atoms with Gasteiger partial charge in [-0.25, -0.2) is 4.57 Å². The van der Waals surface area contributed by atoms with Crippen LogP contribution in [0.5, 0.6) is 5.88 Å². The fraction of sp³-hybridized carbons (Fsp3) is 0.154. The molecule has 0 amide bonds. The minimum absolute atomic E-state index is 0.0117. The first kappa shape index (κ1) is 24.8. The number of hydrogen-bond donors (Lipinski definition) is 1. The van der Waals surface area contributed by atoms with Gasteiger partial charge in [0.1, 0.15) is 5.02 Å². The van der Waals surface area contributed by atoms with Gasteiger partial charge >= 0.3 is 0 Å². The van der Waals surface area contributed by atoms with E-state index in [0.29, 0.717) is 47.8 Å². The first-order valence-electron chi connectivity index (χ1n) is 11.3. The zero-order valence-electron chi connectivity index (χ0n) is 19.3. The largest absolute Gasteiger partial charge is 0.494 e. The average molecular weight is 539 g/mol. The van der Waals surface area contributed by atoms with E-state index in [0.717, 1.165) is 5.69 Å². The second-order valence-corrected chi connectivity index (χ2v) is 9.15. The highest BCUT2D eigenvalue weighted by molar-refractivity contribution is 6.32. The fourth-order valence-electron chi connectivity index (χ4n) is 4.32. The summed E-state index contributed by atoms with van der Waals surface area (Å²) in [5.74, 6) is -0.340. The molecule has 9 nitrogen and oxygen atoms in total. The second kappa shape index (κ2) is 10.2. The third-order valence-corrected chi connectivity index (χ3v) is 6.66. The van der Waals surface area contributed by atoms with Crippen LogP contribution in [0.4, 0.5) is 17.1 Å². The highest BCUT2D eigenvalue weighted by Crippen LogP contribution is 2.34. The highest BCUT2D eigenvalue weighted by Gasteiger charge is 2.22. The number of aliphatic imine (C=N–C) groups is 1. The molecule has 1 saturated heterocycles. The summed E-state index contributed by atoms with van der Waals surface area (Å²) in [6.07, 6.45) is 1.37. The van der Waals surface area contributed by atoms with E-state index in [9.17, 15) is 20.0 Å². The quantitative estimate of drug-likeness (QED) is 0.204. The highest BCUT2D eigenvalue weighted by atomic mass is 35.5. The normalized spacial score (nSPS) is 13.9. The minimum Gasteiger partial charge on any atom is -0.494 e. The third-order valence-electron chi connectivity index (χ3n) is 6.10. The number of rotatable bonds is 5. The monoisotopic (exact) mass is 538 g/mol. The summed E-state index contributed by atoms with van der Waals surface area (Å²) in [5, 5.41) is 24.0. The Morgan fingerprint density at radius 2 is 1.73 bits per heavy atom. The van der Waals surface area contributed by atoms with Crippen molar-refractivity contribution in [3.05, 3.63) is 96.7 Å². The Balaban J connectivity index is 1.72. The molecule has 0 bridgehead atoms. The van der Waals surface area contributed by atoms with Crippen LogP contribution in [0, 0.1) is 10.1 Å². The zero-order chi connectivity index (χ0) is 26.1. The van der Waals surface area contributed by atoms with Gasteiger partial charge in [-0.15, -0.1) is 0 Å². The number of nitrogens with zero attached hydrogens (tertiary/aromatic N) is 4. The van der Waals surface area contributed by atoms with Gasteiger partial charge in [0.15, 0.2) is 0 Å². The van der Waals surface area contributed by atoms with Crippen LogP contribution in [0.2, 0.25) is 10.0 Å². The lowest BCUT2D eigenvalue weighted by atomic mass is 10.1. The van der Waals surface area contributed by atoms with Crippen LogP contribution in [0.1, 0.15) is 5.56 Å². The molecule has 37 heavy (non-hydrogen) atoms. The summed E-state index contributed by atoms with van der Waals surface area (Å²) in [4.78, 5) is 30.8. The number of morpholine rings is 1. The Kier molecular flexibility index (Phi) is 6.84. The molecule has 0 aliphatic carbocycles. The van der Waals surface area contributed by atoms with E-state index in [2.05, 4.69) is 9.89 Å². The Morgan fingerprint density at radius 1 is 1.00 bits per heavy atom. The van der Waals surface area contributed by atoms with Crippen molar-refractivity contribution in [2.45, 2.75) is 0 Å². The maximum atomic E-state index is 13.7. The number of pyridine rings is 1. The second-order valence-electron chi connectivity index (χ2n) is 8.31. The molecule has 0 radical (unpaired) electrons. The van der Waals surface area contributed by atoms with E-state index in [1.165, 1.54) is 29.0 Å². The van der Waals surface area contributed by atoms with Gasteiger partial charge in [-0.1, -0.05) is 41.4 Å². The predicted molar refractivity (Wildman–Crippen MR) is 145 cm³/mol. The van der Waals surface area contributed by atoms with Crippen molar-refractivity contribution >= 4 is 57.3 Å². The van der Waals surface area contributed by atoms with Crippen molar-refractivity contribution in [3.8, 4) is 11.6 Å². The van der Waals surface area contributed by atoms with Crippen molar-refractivity contribution in [1.29, 1.82) is 0 Å². The number of nitro groups is 1. The summed E-state index contributed by atoms with van der Waals surface area (Å²) in [6.45, 7) is 2.29. The molecule has 0 unspecified atom stereocenters. The van der Waals surface area contributed by atoms with Crippen molar-refractivity contribution in [2.24, 2.45) is 4.99 Å². The first-order valence-corrected chi connectivity index (χ1v) is 12.1.